The molecule has 1 aliphatic rings. The number of rotatable bonds is 1. The molecule has 0 aliphatic carbocycles. The third kappa shape index (κ3) is 2.01. The maximum atomic E-state index is 4.43. The highest BCUT2D eigenvalue weighted by atomic mass is 15.3. The summed E-state index contributed by atoms with van der Waals surface area (Å²) in [6.45, 7) is 0. The van der Waals surface area contributed by atoms with Gasteiger partial charge in [0.2, 0.25) is 0 Å². The molecule has 0 aromatic heterocycles. The maximum Gasteiger partial charge on any atom is 0.0912 e. The Morgan fingerprint density at radius 1 is 0.714 bits per heavy atom. The lowest BCUT2D eigenvalue weighted by molar-refractivity contribution is 0.963. The molecule has 0 atom stereocenters. The largest absolute Gasteiger partial charge is 0.285 e. The van der Waals surface area contributed by atoms with Crippen LogP contribution in [0.1, 0.15) is 0 Å². The van der Waals surface area contributed by atoms with Crippen molar-refractivity contribution in [3.8, 4) is 11.1 Å². The van der Waals surface area contributed by atoms with E-state index in [0.717, 1.165) is 15.8 Å². The Labute approximate surface area is 122 Å². The zero-order valence-corrected chi connectivity index (χ0v) is 11.5. The molecule has 0 spiro atoms. The van der Waals surface area contributed by atoms with Crippen LogP contribution in [0, 0.1) is 10.4 Å². The van der Waals surface area contributed by atoms with Gasteiger partial charge in [0.15, 0.2) is 0 Å². The lowest BCUT2D eigenvalue weighted by atomic mass is 10.0. The van der Waals surface area contributed by atoms with Crippen LogP contribution in [0.4, 0.5) is 0 Å². The average Bonchev–Trinajstić information content (AvgIpc) is 2.75. The highest BCUT2D eigenvalue weighted by molar-refractivity contribution is 5.64. The van der Waals surface area contributed by atoms with E-state index in [4.69, 9.17) is 0 Å². The van der Waals surface area contributed by atoms with E-state index in [-0.39, 0.29) is 0 Å². The van der Waals surface area contributed by atoms with Gasteiger partial charge in [0, 0.05) is 21.9 Å². The lowest BCUT2D eigenvalue weighted by Crippen LogP contribution is -2.08. The van der Waals surface area contributed by atoms with Crippen LogP contribution in [-0.2, 0) is 0 Å². The molecule has 0 unspecified atom stereocenters. The second-order valence-electron chi connectivity index (χ2n) is 5.04. The monoisotopic (exact) mass is 270 g/mol. The molecule has 1 N–H and O–H groups in total. The van der Waals surface area contributed by atoms with Crippen molar-refractivity contribution in [2.45, 2.75) is 0 Å². The quantitative estimate of drug-likeness (QED) is 0.722. The molecule has 2 nitrogen and oxygen atoms in total. The van der Waals surface area contributed by atoms with E-state index in [9.17, 15) is 0 Å². The van der Waals surface area contributed by atoms with Gasteiger partial charge in [-0.15, -0.1) is 0 Å². The summed E-state index contributed by atoms with van der Waals surface area (Å²) in [6.07, 6.45) is 1.96. The van der Waals surface area contributed by atoms with Gasteiger partial charge in [-0.1, -0.05) is 66.7 Å². The molecule has 0 radical (unpaired) electrons. The second-order valence-corrected chi connectivity index (χ2v) is 5.04. The predicted molar refractivity (Wildman–Crippen MR) is 84.4 cm³/mol. The van der Waals surface area contributed by atoms with Crippen molar-refractivity contribution >= 4 is 6.20 Å². The maximum absolute atomic E-state index is 4.43. The number of hydrogen-bond acceptors (Lipinski definition) is 2. The normalized spacial score (nSPS) is 12.0. The first-order valence-electron chi connectivity index (χ1n) is 7.01. The Kier molecular flexibility index (Phi) is 2.79. The SMILES string of the molecule is C1=c2cccc(-c3ccccc3)c2=c2ccccc2=NN1. The van der Waals surface area contributed by atoms with Gasteiger partial charge in [0.1, 0.15) is 0 Å². The van der Waals surface area contributed by atoms with E-state index in [0.29, 0.717) is 0 Å². The first kappa shape index (κ1) is 11.9. The van der Waals surface area contributed by atoms with E-state index in [1.54, 1.807) is 0 Å². The zero-order valence-electron chi connectivity index (χ0n) is 11.5. The zero-order chi connectivity index (χ0) is 14.1. The van der Waals surface area contributed by atoms with Crippen LogP contribution in [-0.4, -0.2) is 0 Å². The molecule has 3 aromatic rings. The van der Waals surface area contributed by atoms with Crippen LogP contribution in [0.2, 0.25) is 0 Å². The fourth-order valence-electron chi connectivity index (χ4n) is 2.80. The summed E-state index contributed by atoms with van der Waals surface area (Å²) < 4.78 is 0. The Morgan fingerprint density at radius 2 is 1.52 bits per heavy atom. The number of fused-ring (bicyclic) bond motifs is 2. The van der Waals surface area contributed by atoms with Crippen LogP contribution in [0.5, 0.6) is 0 Å². The van der Waals surface area contributed by atoms with Crippen LogP contribution >= 0.6 is 0 Å². The van der Waals surface area contributed by atoms with Crippen molar-refractivity contribution in [3.05, 3.63) is 93.8 Å². The molecule has 21 heavy (non-hydrogen) atoms. The molecule has 3 aromatic carbocycles. The van der Waals surface area contributed by atoms with Crippen LogP contribution < -0.4 is 16.0 Å². The van der Waals surface area contributed by atoms with Crippen molar-refractivity contribution < 1.29 is 0 Å². The molecular formula is C19H14N2. The van der Waals surface area contributed by atoms with Gasteiger partial charge < -0.3 is 0 Å². The van der Waals surface area contributed by atoms with Gasteiger partial charge in [-0.3, -0.25) is 5.43 Å². The Morgan fingerprint density at radius 3 is 2.43 bits per heavy atom. The summed E-state index contributed by atoms with van der Waals surface area (Å²) in [5.41, 5.74) is 5.49. The second kappa shape index (κ2) is 4.91. The van der Waals surface area contributed by atoms with Gasteiger partial charge in [-0.25, -0.2) is 0 Å². The number of nitrogens with zero attached hydrogens (tertiary/aromatic N) is 1. The number of nitrogens with one attached hydrogen (secondary N) is 1. The summed E-state index contributed by atoms with van der Waals surface area (Å²) in [5, 5.41) is 8.95. The Balaban J connectivity index is 2.29. The lowest BCUT2D eigenvalue weighted by Gasteiger charge is -2.03. The smallest absolute Gasteiger partial charge is 0.0912 e. The highest BCUT2D eigenvalue weighted by Crippen LogP contribution is 2.18. The molecule has 0 bridgehead atoms. The van der Waals surface area contributed by atoms with Gasteiger partial charge in [-0.2, -0.15) is 5.10 Å². The molecule has 1 aliphatic heterocycles. The minimum Gasteiger partial charge on any atom is -0.285 e. The van der Waals surface area contributed by atoms with Crippen molar-refractivity contribution in [1.82, 2.24) is 5.43 Å². The predicted octanol–water partition coefficient (Wildman–Crippen LogP) is 2.52. The number of para-hydroxylation sites is 1. The third-order valence-electron chi connectivity index (χ3n) is 3.76. The van der Waals surface area contributed by atoms with Crippen LogP contribution in [0.3, 0.4) is 0 Å². The molecular weight excluding hydrogens is 256 g/mol. The molecule has 0 saturated carbocycles. The summed E-state index contributed by atoms with van der Waals surface area (Å²) in [6, 6.07) is 25.1. The molecule has 0 saturated heterocycles. The first-order valence-corrected chi connectivity index (χ1v) is 7.01. The highest BCUT2D eigenvalue weighted by Gasteiger charge is 2.03. The Hall–Kier alpha value is -2.87. The molecule has 100 valence electrons. The first-order chi connectivity index (χ1) is 10.4. The van der Waals surface area contributed by atoms with Crippen molar-refractivity contribution in [2.24, 2.45) is 5.10 Å². The van der Waals surface area contributed by atoms with E-state index in [1.807, 2.05) is 24.4 Å². The van der Waals surface area contributed by atoms with Gasteiger partial charge in [0.05, 0.1) is 5.36 Å². The summed E-state index contributed by atoms with van der Waals surface area (Å²) in [5.74, 6) is 0. The fraction of sp³-hybridized carbons (Fsp3) is 0. The summed E-state index contributed by atoms with van der Waals surface area (Å²) in [7, 11) is 0. The van der Waals surface area contributed by atoms with Crippen molar-refractivity contribution in [1.29, 1.82) is 0 Å². The van der Waals surface area contributed by atoms with Gasteiger partial charge in [-0.05, 0) is 17.2 Å². The topological polar surface area (TPSA) is 24.4 Å². The summed E-state index contributed by atoms with van der Waals surface area (Å²) >= 11 is 0. The Bertz CT molecular complexity index is 1010. The van der Waals surface area contributed by atoms with E-state index in [1.165, 1.54) is 16.3 Å². The van der Waals surface area contributed by atoms with Gasteiger partial charge >= 0.3 is 0 Å². The minimum absolute atomic E-state index is 0.968. The van der Waals surface area contributed by atoms with Crippen LogP contribution in [0.15, 0.2) is 77.9 Å². The molecule has 0 fully saturated rings. The fourth-order valence-corrected chi connectivity index (χ4v) is 2.80. The molecule has 2 heteroatoms. The van der Waals surface area contributed by atoms with E-state index in [2.05, 4.69) is 65.1 Å². The minimum atomic E-state index is 0.968. The molecule has 0 amide bonds. The molecule has 1 heterocycles. The van der Waals surface area contributed by atoms with Crippen molar-refractivity contribution in [3.63, 3.8) is 0 Å². The van der Waals surface area contributed by atoms with Gasteiger partial charge in [0.25, 0.3) is 0 Å². The van der Waals surface area contributed by atoms with E-state index < -0.39 is 0 Å². The van der Waals surface area contributed by atoms with E-state index >= 15 is 0 Å². The standard InChI is InChI=1S/C19H14N2/c1-2-7-14(8-3-1)16-11-6-9-15-13-20-21-18-12-5-4-10-17(18)19(15)16/h1-13,20H. The number of benzene rings is 3. The van der Waals surface area contributed by atoms with Crippen LogP contribution in [0.25, 0.3) is 17.3 Å². The molecule has 4 rings (SSSR count). The average molecular weight is 270 g/mol. The third-order valence-corrected chi connectivity index (χ3v) is 3.76. The summed E-state index contributed by atoms with van der Waals surface area (Å²) in [4.78, 5) is 0. The number of hydrogen-bond donors (Lipinski definition) is 1. The van der Waals surface area contributed by atoms with Crippen molar-refractivity contribution in [2.75, 3.05) is 0 Å².